The van der Waals surface area contributed by atoms with Gasteiger partial charge in [0, 0.05) is 0 Å². The Morgan fingerprint density at radius 2 is 1.56 bits per heavy atom. The van der Waals surface area contributed by atoms with E-state index in [9.17, 15) is 14.0 Å². The highest BCUT2D eigenvalue weighted by atomic mass is 19.1. The summed E-state index contributed by atoms with van der Waals surface area (Å²) in [7, 11) is 0. The largest absolute Gasteiger partial charge is 0.323 e. The molecule has 3 aliphatic rings. The van der Waals surface area contributed by atoms with Crippen molar-refractivity contribution in [3.63, 3.8) is 0 Å². The van der Waals surface area contributed by atoms with Crippen molar-refractivity contribution in [3.05, 3.63) is 35.6 Å². The first-order chi connectivity index (χ1) is 13.1. The lowest BCUT2D eigenvalue weighted by molar-refractivity contribution is -1.03. The number of hydrogen-bond acceptors (Lipinski definition) is 2. The minimum atomic E-state index is -0.307. The molecule has 1 aromatic carbocycles. The van der Waals surface area contributed by atoms with E-state index in [2.05, 4.69) is 0 Å². The lowest BCUT2D eigenvalue weighted by Gasteiger charge is -2.37. The number of likely N-dealkylation sites (tertiary alicyclic amines) is 1. The summed E-state index contributed by atoms with van der Waals surface area (Å²) in [6.45, 7) is 4.41. The molecule has 4 rings (SSSR count). The van der Waals surface area contributed by atoms with Gasteiger partial charge in [0.1, 0.15) is 32.0 Å². The summed E-state index contributed by atoms with van der Waals surface area (Å²) >= 11 is 0. The predicted octanol–water partition coefficient (Wildman–Crippen LogP) is -0.431. The third-order valence-electron chi connectivity index (χ3n) is 6.71. The van der Waals surface area contributed by atoms with Crippen molar-refractivity contribution >= 4 is 11.8 Å². The molecule has 1 aromatic rings. The van der Waals surface area contributed by atoms with E-state index in [-0.39, 0.29) is 30.2 Å². The van der Waals surface area contributed by atoms with Gasteiger partial charge in [0.05, 0.1) is 19.0 Å². The van der Waals surface area contributed by atoms with E-state index in [0.717, 1.165) is 37.8 Å². The summed E-state index contributed by atoms with van der Waals surface area (Å²) in [4.78, 5) is 29.7. The van der Waals surface area contributed by atoms with Crippen LogP contribution in [0.1, 0.15) is 44.1 Å². The maximum absolute atomic E-state index is 13.1. The van der Waals surface area contributed by atoms with Crippen LogP contribution >= 0.6 is 0 Å². The maximum atomic E-state index is 13.1. The second-order valence-electron chi connectivity index (χ2n) is 8.35. The summed E-state index contributed by atoms with van der Waals surface area (Å²) in [6.07, 6.45) is 7.10. The van der Waals surface area contributed by atoms with Crippen LogP contribution in [0.15, 0.2) is 24.3 Å². The summed E-state index contributed by atoms with van der Waals surface area (Å²) in [5, 5.41) is 0. The van der Waals surface area contributed by atoms with Crippen molar-refractivity contribution < 1.29 is 23.8 Å². The number of imide groups is 1. The molecular formula is C21H30FN3O2+2. The van der Waals surface area contributed by atoms with Gasteiger partial charge in [-0.2, -0.15) is 0 Å². The average molecular weight is 375 g/mol. The molecule has 6 heteroatoms. The lowest BCUT2D eigenvalue weighted by Crippen LogP contribution is -3.31. The van der Waals surface area contributed by atoms with Gasteiger partial charge in [0.15, 0.2) is 6.04 Å². The summed E-state index contributed by atoms with van der Waals surface area (Å²) in [6, 6.07) is 6.60. The highest BCUT2D eigenvalue weighted by Gasteiger charge is 2.46. The van der Waals surface area contributed by atoms with Crippen molar-refractivity contribution in [1.29, 1.82) is 0 Å². The number of halogens is 1. The quantitative estimate of drug-likeness (QED) is 0.702. The molecule has 1 atom stereocenters. The standard InChI is InChI=1S/C21H28FN3O2/c22-17-8-6-16(7-9-17)15-25-20(26)14-19(21(25)27)24-12-10-23(11-13-24)18-4-2-1-3-5-18/h6-9,18-19H,1-5,10-15H2/p+2/t19-/m0/s1. The lowest BCUT2D eigenvalue weighted by atomic mass is 9.93. The van der Waals surface area contributed by atoms with Crippen molar-refractivity contribution in [2.75, 3.05) is 26.2 Å². The second-order valence-corrected chi connectivity index (χ2v) is 8.35. The molecule has 0 radical (unpaired) electrons. The Kier molecular flexibility index (Phi) is 5.55. The van der Waals surface area contributed by atoms with Crippen LogP contribution in [0.5, 0.6) is 0 Å². The highest BCUT2D eigenvalue weighted by Crippen LogP contribution is 2.17. The van der Waals surface area contributed by atoms with Gasteiger partial charge in [-0.05, 0) is 43.4 Å². The Morgan fingerprint density at radius 3 is 2.22 bits per heavy atom. The van der Waals surface area contributed by atoms with Crippen LogP contribution in [0.4, 0.5) is 4.39 Å². The first-order valence-electron chi connectivity index (χ1n) is 10.4. The van der Waals surface area contributed by atoms with Crippen molar-refractivity contribution in [1.82, 2.24) is 4.90 Å². The number of quaternary nitrogens is 2. The molecular weight excluding hydrogens is 345 g/mol. The zero-order chi connectivity index (χ0) is 18.8. The Hall–Kier alpha value is -1.79. The zero-order valence-corrected chi connectivity index (χ0v) is 15.9. The summed E-state index contributed by atoms with van der Waals surface area (Å²) in [5.41, 5.74) is 0.792. The Bertz CT molecular complexity index is 679. The van der Waals surface area contributed by atoms with Crippen molar-refractivity contribution in [3.8, 4) is 0 Å². The van der Waals surface area contributed by atoms with Gasteiger partial charge in [-0.3, -0.25) is 14.5 Å². The number of piperazine rings is 1. The maximum Gasteiger partial charge on any atom is 0.288 e. The first-order valence-corrected chi connectivity index (χ1v) is 10.4. The second kappa shape index (κ2) is 8.07. The van der Waals surface area contributed by atoms with Crippen LogP contribution in [0.3, 0.4) is 0 Å². The number of rotatable bonds is 4. The molecule has 1 saturated carbocycles. The Morgan fingerprint density at radius 1 is 0.926 bits per heavy atom. The first kappa shape index (κ1) is 18.6. The van der Waals surface area contributed by atoms with Crippen LogP contribution in [0.25, 0.3) is 0 Å². The number of nitrogens with zero attached hydrogens (tertiary/aromatic N) is 1. The molecule has 5 nitrogen and oxygen atoms in total. The summed E-state index contributed by atoms with van der Waals surface area (Å²) < 4.78 is 13.1. The van der Waals surface area contributed by atoms with E-state index < -0.39 is 0 Å². The minimum absolute atomic E-state index is 0.0551. The van der Waals surface area contributed by atoms with Gasteiger partial charge in [0.25, 0.3) is 5.91 Å². The van der Waals surface area contributed by atoms with Gasteiger partial charge < -0.3 is 9.80 Å². The molecule has 27 heavy (non-hydrogen) atoms. The van der Waals surface area contributed by atoms with Crippen LogP contribution in [-0.4, -0.2) is 55.0 Å². The van der Waals surface area contributed by atoms with Gasteiger partial charge in [-0.1, -0.05) is 18.6 Å². The van der Waals surface area contributed by atoms with Gasteiger partial charge >= 0.3 is 0 Å². The van der Waals surface area contributed by atoms with Crippen molar-refractivity contribution in [2.45, 2.75) is 57.2 Å². The molecule has 0 aromatic heterocycles. The van der Waals surface area contributed by atoms with E-state index in [0.29, 0.717) is 6.42 Å². The topological polar surface area (TPSA) is 46.3 Å². The number of nitrogens with one attached hydrogen (secondary N) is 2. The molecule has 0 spiro atoms. The van der Waals surface area contributed by atoms with Crippen LogP contribution < -0.4 is 9.80 Å². The molecule has 3 fully saturated rings. The molecule has 1 aliphatic carbocycles. The fraction of sp³-hybridized carbons (Fsp3) is 0.619. The third kappa shape index (κ3) is 4.06. The van der Waals surface area contributed by atoms with Crippen molar-refractivity contribution in [2.24, 2.45) is 0 Å². The number of hydrogen-bond donors (Lipinski definition) is 2. The Labute approximate surface area is 160 Å². The molecule has 0 bridgehead atoms. The van der Waals surface area contributed by atoms with E-state index >= 15 is 0 Å². The van der Waals surface area contributed by atoms with E-state index in [1.807, 2.05) is 0 Å². The smallest absolute Gasteiger partial charge is 0.288 e. The number of carbonyl (C=O) groups excluding carboxylic acids is 2. The molecule has 2 aliphatic heterocycles. The molecule has 2 heterocycles. The van der Waals surface area contributed by atoms with Crippen LogP contribution in [0.2, 0.25) is 0 Å². The minimum Gasteiger partial charge on any atom is -0.323 e. The number of benzene rings is 1. The molecule has 146 valence electrons. The number of amides is 2. The Balaban J connectivity index is 1.34. The molecule has 0 unspecified atom stereocenters. The monoisotopic (exact) mass is 375 g/mol. The van der Waals surface area contributed by atoms with Gasteiger partial charge in [-0.15, -0.1) is 0 Å². The summed E-state index contributed by atoms with van der Waals surface area (Å²) in [5.74, 6) is -0.456. The van der Waals surface area contributed by atoms with E-state index in [4.69, 9.17) is 0 Å². The molecule has 2 amide bonds. The fourth-order valence-electron chi connectivity index (χ4n) is 5.10. The SMILES string of the molecule is O=C1C[C@H]([NH+]2CC[NH+](C3CCCCC3)CC2)C(=O)N1Cc1ccc(F)cc1. The number of carbonyl (C=O) groups is 2. The van der Waals surface area contributed by atoms with E-state index in [1.165, 1.54) is 54.0 Å². The zero-order valence-electron chi connectivity index (χ0n) is 15.9. The van der Waals surface area contributed by atoms with Gasteiger partial charge in [0.2, 0.25) is 5.91 Å². The molecule has 2 N–H and O–H groups in total. The van der Waals surface area contributed by atoms with E-state index in [1.54, 1.807) is 17.0 Å². The predicted molar refractivity (Wildman–Crippen MR) is 98.6 cm³/mol. The third-order valence-corrected chi connectivity index (χ3v) is 6.71. The fourth-order valence-corrected chi connectivity index (χ4v) is 5.10. The van der Waals surface area contributed by atoms with Gasteiger partial charge in [-0.25, -0.2) is 4.39 Å². The van der Waals surface area contributed by atoms with Crippen LogP contribution in [0, 0.1) is 5.82 Å². The highest BCUT2D eigenvalue weighted by molar-refractivity contribution is 6.04. The van der Waals surface area contributed by atoms with Crippen LogP contribution in [-0.2, 0) is 16.1 Å². The average Bonchev–Trinajstić information content (AvgIpc) is 2.99. The normalized spacial score (nSPS) is 30.1. The molecule has 2 saturated heterocycles.